The third kappa shape index (κ3) is 4.60. The highest BCUT2D eigenvalue weighted by Gasteiger charge is 2.18. The van der Waals surface area contributed by atoms with Gasteiger partial charge in [0.2, 0.25) is 5.82 Å². The molecule has 3 rings (SSSR count). The summed E-state index contributed by atoms with van der Waals surface area (Å²) in [5.74, 6) is 0.498. The molecule has 0 spiro atoms. The molecule has 0 saturated heterocycles. The minimum atomic E-state index is -0.656. The third-order valence-corrected chi connectivity index (χ3v) is 4.18. The average molecular weight is 364 g/mol. The topological polar surface area (TPSA) is 83.0 Å². The monoisotopic (exact) mass is 364 g/mol. The molecule has 140 valence electrons. The van der Waals surface area contributed by atoms with Crippen LogP contribution in [-0.4, -0.2) is 27.3 Å². The number of rotatable bonds is 8. The highest BCUT2D eigenvalue weighted by atomic mass is 16.5. The van der Waals surface area contributed by atoms with Crippen molar-refractivity contribution >= 4 is 5.91 Å². The Labute approximate surface area is 159 Å². The third-order valence-electron chi connectivity index (χ3n) is 4.18. The lowest BCUT2D eigenvalue weighted by Gasteiger charge is -2.12. The second kappa shape index (κ2) is 8.60. The Balaban J connectivity index is 1.97. The Morgan fingerprint density at radius 1 is 1.11 bits per heavy atom. The smallest absolute Gasteiger partial charge is 0.288 e. The van der Waals surface area contributed by atoms with Gasteiger partial charge in [0.1, 0.15) is 0 Å². The molecule has 3 aromatic rings. The number of hydrogen-bond donors (Lipinski definition) is 1. The van der Waals surface area contributed by atoms with Crippen LogP contribution < -0.4 is 5.73 Å². The molecular formula is C21H24N4O2. The van der Waals surface area contributed by atoms with Crippen molar-refractivity contribution in [3.8, 4) is 17.1 Å². The normalized spacial score (nSPS) is 11.1. The zero-order valence-electron chi connectivity index (χ0n) is 15.6. The number of benzene rings is 2. The number of primary amides is 1. The first-order valence-electron chi connectivity index (χ1n) is 9.04. The number of amides is 1. The number of nitrogens with zero attached hydrogens (tertiary/aromatic N) is 3. The van der Waals surface area contributed by atoms with Crippen molar-refractivity contribution in [2.24, 2.45) is 11.7 Å². The lowest BCUT2D eigenvalue weighted by Crippen LogP contribution is -2.13. The quantitative estimate of drug-likeness (QED) is 0.619. The van der Waals surface area contributed by atoms with Crippen molar-refractivity contribution in [3.05, 3.63) is 66.0 Å². The van der Waals surface area contributed by atoms with Gasteiger partial charge in [0.15, 0.2) is 5.82 Å². The van der Waals surface area contributed by atoms with Gasteiger partial charge in [-0.05, 0) is 18.4 Å². The van der Waals surface area contributed by atoms with Crippen LogP contribution in [-0.2, 0) is 11.3 Å². The Hall–Kier alpha value is -2.99. The van der Waals surface area contributed by atoms with E-state index in [0.717, 1.165) is 23.2 Å². The summed E-state index contributed by atoms with van der Waals surface area (Å²) >= 11 is 0. The van der Waals surface area contributed by atoms with Crippen molar-refractivity contribution in [1.29, 1.82) is 0 Å². The Morgan fingerprint density at radius 3 is 2.52 bits per heavy atom. The number of aromatic nitrogens is 3. The molecule has 2 aromatic carbocycles. The standard InChI is InChI=1S/C21H24N4O2/c1-15(2)12-13-27-14-17-10-6-7-11-18(17)25-21(16-8-4-3-5-9-16)23-20(24-25)19(22)26/h3-11,15H,12-14H2,1-2H3,(H2,22,26). The van der Waals surface area contributed by atoms with Crippen LogP contribution in [0.25, 0.3) is 17.1 Å². The van der Waals surface area contributed by atoms with Gasteiger partial charge in [-0.25, -0.2) is 9.67 Å². The zero-order valence-corrected chi connectivity index (χ0v) is 15.6. The van der Waals surface area contributed by atoms with Gasteiger partial charge in [-0.15, -0.1) is 5.10 Å². The molecule has 0 aliphatic rings. The fourth-order valence-electron chi connectivity index (χ4n) is 2.70. The van der Waals surface area contributed by atoms with Crippen LogP contribution >= 0.6 is 0 Å². The molecule has 0 radical (unpaired) electrons. The molecule has 1 heterocycles. The van der Waals surface area contributed by atoms with E-state index in [9.17, 15) is 4.79 Å². The summed E-state index contributed by atoms with van der Waals surface area (Å²) in [5, 5.41) is 4.35. The number of carbonyl (C=O) groups excluding carboxylic acids is 1. The molecule has 0 unspecified atom stereocenters. The van der Waals surface area contributed by atoms with Gasteiger partial charge in [0.05, 0.1) is 12.3 Å². The molecule has 0 bridgehead atoms. The number of nitrogens with two attached hydrogens (primary N) is 1. The Kier molecular flexibility index (Phi) is 5.98. The van der Waals surface area contributed by atoms with Crippen molar-refractivity contribution in [1.82, 2.24) is 14.8 Å². The largest absolute Gasteiger partial charge is 0.377 e. The van der Waals surface area contributed by atoms with E-state index in [2.05, 4.69) is 23.9 Å². The molecule has 1 aromatic heterocycles. The van der Waals surface area contributed by atoms with Gasteiger partial charge < -0.3 is 10.5 Å². The molecule has 27 heavy (non-hydrogen) atoms. The Morgan fingerprint density at radius 2 is 1.81 bits per heavy atom. The minimum Gasteiger partial charge on any atom is -0.377 e. The summed E-state index contributed by atoms with van der Waals surface area (Å²) in [4.78, 5) is 16.0. The van der Waals surface area contributed by atoms with Crippen LogP contribution in [0.15, 0.2) is 54.6 Å². The SMILES string of the molecule is CC(C)CCOCc1ccccc1-n1nc(C(N)=O)nc1-c1ccccc1. The molecule has 0 aliphatic carbocycles. The summed E-state index contributed by atoms with van der Waals surface area (Å²) in [6.45, 7) is 5.50. The molecule has 1 amide bonds. The minimum absolute atomic E-state index is 0.00983. The van der Waals surface area contributed by atoms with Crippen molar-refractivity contribution < 1.29 is 9.53 Å². The number of carbonyl (C=O) groups is 1. The maximum atomic E-state index is 11.6. The summed E-state index contributed by atoms with van der Waals surface area (Å²) in [6, 6.07) is 17.4. The van der Waals surface area contributed by atoms with Gasteiger partial charge in [-0.3, -0.25) is 4.79 Å². The van der Waals surface area contributed by atoms with Crippen LogP contribution in [0.5, 0.6) is 0 Å². The van der Waals surface area contributed by atoms with Crippen LogP contribution in [0.3, 0.4) is 0 Å². The fourth-order valence-corrected chi connectivity index (χ4v) is 2.70. The van der Waals surface area contributed by atoms with Crippen LogP contribution in [0.1, 0.15) is 36.5 Å². The summed E-state index contributed by atoms with van der Waals surface area (Å²) in [5.41, 5.74) is 8.06. The van der Waals surface area contributed by atoms with E-state index in [1.165, 1.54) is 0 Å². The van der Waals surface area contributed by atoms with E-state index in [4.69, 9.17) is 10.5 Å². The first-order valence-corrected chi connectivity index (χ1v) is 9.04. The first kappa shape index (κ1) is 18.8. The van der Waals surface area contributed by atoms with Crippen molar-refractivity contribution in [2.75, 3.05) is 6.61 Å². The molecule has 0 fully saturated rings. The molecule has 0 atom stereocenters. The van der Waals surface area contributed by atoms with Crippen LogP contribution in [0, 0.1) is 5.92 Å². The van der Waals surface area contributed by atoms with Gasteiger partial charge in [-0.1, -0.05) is 62.4 Å². The number of hydrogen-bond acceptors (Lipinski definition) is 4. The van der Waals surface area contributed by atoms with E-state index in [0.29, 0.717) is 25.0 Å². The summed E-state index contributed by atoms with van der Waals surface area (Å²) in [6.07, 6.45) is 1.01. The summed E-state index contributed by atoms with van der Waals surface area (Å²) in [7, 11) is 0. The van der Waals surface area contributed by atoms with Crippen molar-refractivity contribution in [2.45, 2.75) is 26.9 Å². The van der Waals surface area contributed by atoms with Crippen LogP contribution in [0.4, 0.5) is 0 Å². The average Bonchev–Trinajstić information content (AvgIpc) is 3.12. The molecule has 6 nitrogen and oxygen atoms in total. The van der Waals surface area contributed by atoms with Gasteiger partial charge in [-0.2, -0.15) is 0 Å². The lowest BCUT2D eigenvalue weighted by atomic mass is 10.1. The first-order chi connectivity index (χ1) is 13.1. The molecule has 6 heteroatoms. The molecule has 2 N–H and O–H groups in total. The van der Waals surface area contributed by atoms with Gasteiger partial charge in [0.25, 0.3) is 5.91 Å². The highest BCUT2D eigenvalue weighted by molar-refractivity contribution is 5.89. The molecule has 0 aliphatic heterocycles. The highest BCUT2D eigenvalue weighted by Crippen LogP contribution is 2.23. The number of ether oxygens (including phenoxy) is 1. The maximum absolute atomic E-state index is 11.6. The molecule has 0 saturated carbocycles. The van der Waals surface area contributed by atoms with E-state index in [-0.39, 0.29) is 5.82 Å². The van der Waals surface area contributed by atoms with Gasteiger partial charge >= 0.3 is 0 Å². The van der Waals surface area contributed by atoms with E-state index >= 15 is 0 Å². The zero-order chi connectivity index (χ0) is 19.2. The van der Waals surface area contributed by atoms with E-state index < -0.39 is 5.91 Å². The van der Waals surface area contributed by atoms with E-state index in [1.54, 1.807) is 4.68 Å². The Bertz CT molecular complexity index is 904. The second-order valence-electron chi connectivity index (χ2n) is 6.76. The fraction of sp³-hybridized carbons (Fsp3) is 0.286. The second-order valence-corrected chi connectivity index (χ2v) is 6.76. The van der Waals surface area contributed by atoms with Crippen LogP contribution in [0.2, 0.25) is 0 Å². The van der Waals surface area contributed by atoms with Crippen molar-refractivity contribution in [3.63, 3.8) is 0 Å². The van der Waals surface area contributed by atoms with Gasteiger partial charge in [0, 0.05) is 17.7 Å². The lowest BCUT2D eigenvalue weighted by molar-refractivity contribution is 0.0990. The maximum Gasteiger partial charge on any atom is 0.288 e. The summed E-state index contributed by atoms with van der Waals surface area (Å²) < 4.78 is 7.50. The van der Waals surface area contributed by atoms with E-state index in [1.807, 2.05) is 54.6 Å². The molecular weight excluding hydrogens is 340 g/mol. The predicted octanol–water partition coefficient (Wildman–Crippen LogP) is 3.60. The number of para-hydroxylation sites is 1. The predicted molar refractivity (Wildman–Crippen MR) is 104 cm³/mol.